The van der Waals surface area contributed by atoms with Crippen molar-refractivity contribution in [2.75, 3.05) is 12.9 Å². The van der Waals surface area contributed by atoms with Crippen LogP contribution in [0.4, 0.5) is 0 Å². The molecular formula is C20H22ClNO4S. The first-order valence-electron chi connectivity index (χ1n) is 8.41. The molecule has 7 heteroatoms. The molecule has 27 heavy (non-hydrogen) atoms. The van der Waals surface area contributed by atoms with Crippen LogP contribution in [-0.4, -0.2) is 30.8 Å². The summed E-state index contributed by atoms with van der Waals surface area (Å²) in [5.41, 5.74) is 1.89. The van der Waals surface area contributed by atoms with Crippen molar-refractivity contribution in [2.45, 2.75) is 25.3 Å². The van der Waals surface area contributed by atoms with Crippen molar-refractivity contribution >= 4 is 35.2 Å². The maximum absolute atomic E-state index is 12.1. The van der Waals surface area contributed by atoms with Crippen LogP contribution in [0.3, 0.4) is 0 Å². The van der Waals surface area contributed by atoms with Crippen LogP contribution in [-0.2, 0) is 26.6 Å². The number of carbonyl (C=O) groups is 2. The summed E-state index contributed by atoms with van der Waals surface area (Å²) < 4.78 is 10.3. The molecule has 2 aromatic rings. The van der Waals surface area contributed by atoms with Gasteiger partial charge in [-0.3, -0.25) is 9.59 Å². The largest absolute Gasteiger partial charge is 0.497 e. The number of nitrogens with one attached hydrogen (secondary N) is 1. The van der Waals surface area contributed by atoms with E-state index in [9.17, 15) is 9.59 Å². The summed E-state index contributed by atoms with van der Waals surface area (Å²) in [5.74, 6) is 0.741. The van der Waals surface area contributed by atoms with Gasteiger partial charge in [-0.2, -0.15) is 0 Å². The molecule has 0 aromatic heterocycles. The maximum Gasteiger partial charge on any atom is 0.316 e. The van der Waals surface area contributed by atoms with Gasteiger partial charge in [0.1, 0.15) is 5.75 Å². The van der Waals surface area contributed by atoms with Crippen molar-refractivity contribution in [2.24, 2.45) is 0 Å². The Balaban J connectivity index is 1.69. The number of amides is 1. The van der Waals surface area contributed by atoms with Crippen LogP contribution in [0.5, 0.6) is 5.75 Å². The molecule has 0 unspecified atom stereocenters. The first kappa shape index (κ1) is 21.1. The van der Waals surface area contributed by atoms with Crippen molar-refractivity contribution < 1.29 is 19.1 Å². The van der Waals surface area contributed by atoms with E-state index in [0.717, 1.165) is 16.9 Å². The zero-order valence-corrected chi connectivity index (χ0v) is 16.8. The van der Waals surface area contributed by atoms with E-state index in [-0.39, 0.29) is 11.7 Å². The SMILES string of the molecule is COc1ccc(CNC(=O)[C@H](C)OC(=O)CSCc2ccccc2Cl)cc1. The van der Waals surface area contributed by atoms with Crippen LogP contribution in [0.25, 0.3) is 0 Å². The van der Waals surface area contributed by atoms with Crippen molar-refractivity contribution in [3.05, 3.63) is 64.7 Å². The quantitative estimate of drug-likeness (QED) is 0.640. The fraction of sp³-hybridized carbons (Fsp3) is 0.300. The third-order valence-electron chi connectivity index (χ3n) is 3.74. The number of rotatable bonds is 9. The summed E-state index contributed by atoms with van der Waals surface area (Å²) in [6.45, 7) is 1.91. The average molecular weight is 408 g/mol. The molecule has 0 spiro atoms. The lowest BCUT2D eigenvalue weighted by Crippen LogP contribution is -2.35. The number of hydrogen-bond acceptors (Lipinski definition) is 5. The van der Waals surface area contributed by atoms with E-state index in [1.54, 1.807) is 14.0 Å². The summed E-state index contributed by atoms with van der Waals surface area (Å²) >= 11 is 7.47. The molecule has 2 rings (SSSR count). The lowest BCUT2D eigenvalue weighted by atomic mass is 10.2. The van der Waals surface area contributed by atoms with Crippen LogP contribution >= 0.6 is 23.4 Å². The van der Waals surface area contributed by atoms with E-state index in [2.05, 4.69) is 5.32 Å². The monoisotopic (exact) mass is 407 g/mol. The van der Waals surface area contributed by atoms with Gasteiger partial charge < -0.3 is 14.8 Å². The highest BCUT2D eigenvalue weighted by atomic mass is 35.5. The number of methoxy groups -OCH3 is 1. The number of hydrogen-bond donors (Lipinski definition) is 1. The standard InChI is InChI=1S/C20H22ClNO4S/c1-14(20(24)22-11-15-7-9-17(25-2)10-8-15)26-19(23)13-27-12-16-5-3-4-6-18(16)21/h3-10,14H,11-13H2,1-2H3,(H,22,24)/t14-/m0/s1. The molecule has 0 aliphatic carbocycles. The van der Waals surface area contributed by atoms with Crippen LogP contribution < -0.4 is 10.1 Å². The Hall–Kier alpha value is -2.18. The highest BCUT2D eigenvalue weighted by Crippen LogP contribution is 2.20. The maximum atomic E-state index is 12.1. The smallest absolute Gasteiger partial charge is 0.316 e. The number of benzene rings is 2. The van der Waals surface area contributed by atoms with Crippen LogP contribution in [0.15, 0.2) is 48.5 Å². The van der Waals surface area contributed by atoms with Crippen LogP contribution in [0.1, 0.15) is 18.1 Å². The molecule has 144 valence electrons. The molecule has 2 aromatic carbocycles. The van der Waals surface area contributed by atoms with E-state index in [4.69, 9.17) is 21.1 Å². The second-order valence-corrected chi connectivity index (χ2v) is 7.17. The fourth-order valence-electron chi connectivity index (χ4n) is 2.22. The van der Waals surface area contributed by atoms with Crippen LogP contribution in [0.2, 0.25) is 5.02 Å². The van der Waals surface area contributed by atoms with E-state index >= 15 is 0 Å². The van der Waals surface area contributed by atoms with Gasteiger partial charge in [0.25, 0.3) is 5.91 Å². The lowest BCUT2D eigenvalue weighted by molar-refractivity contribution is -0.152. The van der Waals surface area contributed by atoms with Gasteiger partial charge in [0, 0.05) is 17.3 Å². The van der Waals surface area contributed by atoms with Gasteiger partial charge in [0.15, 0.2) is 6.10 Å². The molecule has 0 aliphatic heterocycles. The predicted molar refractivity (Wildman–Crippen MR) is 108 cm³/mol. The molecule has 0 fully saturated rings. The first-order valence-corrected chi connectivity index (χ1v) is 9.94. The van der Waals surface area contributed by atoms with E-state index < -0.39 is 12.1 Å². The number of ether oxygens (including phenoxy) is 2. The van der Waals surface area contributed by atoms with E-state index in [0.29, 0.717) is 17.3 Å². The summed E-state index contributed by atoms with van der Waals surface area (Å²) in [6.07, 6.45) is -0.850. The third-order valence-corrected chi connectivity index (χ3v) is 5.06. The summed E-state index contributed by atoms with van der Waals surface area (Å²) in [6, 6.07) is 14.8. The second kappa shape index (κ2) is 10.8. The Morgan fingerprint density at radius 3 is 2.52 bits per heavy atom. The Bertz CT molecular complexity index is 767. The Labute approximate surface area is 168 Å². The highest BCUT2D eigenvalue weighted by Gasteiger charge is 2.17. The lowest BCUT2D eigenvalue weighted by Gasteiger charge is -2.13. The molecule has 0 saturated carbocycles. The van der Waals surface area contributed by atoms with Crippen molar-refractivity contribution in [1.29, 1.82) is 0 Å². The van der Waals surface area contributed by atoms with Gasteiger partial charge in [0.2, 0.25) is 0 Å². The minimum absolute atomic E-state index is 0.154. The molecule has 1 atom stereocenters. The molecule has 0 saturated heterocycles. The molecule has 1 N–H and O–H groups in total. The Kier molecular flexibility index (Phi) is 8.48. The molecule has 0 aliphatic rings. The van der Waals surface area contributed by atoms with Gasteiger partial charge in [0.05, 0.1) is 12.9 Å². The van der Waals surface area contributed by atoms with Gasteiger partial charge in [-0.15, -0.1) is 11.8 Å². The molecule has 0 bridgehead atoms. The molecule has 0 radical (unpaired) electrons. The summed E-state index contributed by atoms with van der Waals surface area (Å²) in [7, 11) is 1.60. The van der Waals surface area contributed by atoms with Gasteiger partial charge in [-0.25, -0.2) is 0 Å². The van der Waals surface area contributed by atoms with Gasteiger partial charge >= 0.3 is 5.97 Å². The van der Waals surface area contributed by atoms with Gasteiger partial charge in [-0.1, -0.05) is 41.9 Å². The fourth-order valence-corrected chi connectivity index (χ4v) is 3.31. The van der Waals surface area contributed by atoms with Crippen molar-refractivity contribution in [1.82, 2.24) is 5.32 Å². The minimum Gasteiger partial charge on any atom is -0.497 e. The van der Waals surface area contributed by atoms with Gasteiger partial charge in [-0.05, 0) is 36.2 Å². The zero-order chi connectivity index (χ0) is 19.6. The highest BCUT2D eigenvalue weighted by molar-refractivity contribution is 7.99. The first-order chi connectivity index (χ1) is 13.0. The zero-order valence-electron chi connectivity index (χ0n) is 15.2. The number of thioether (sulfide) groups is 1. The average Bonchev–Trinajstić information content (AvgIpc) is 2.68. The molecule has 1 amide bonds. The van der Waals surface area contributed by atoms with Crippen LogP contribution in [0, 0.1) is 0 Å². The Morgan fingerprint density at radius 2 is 1.85 bits per heavy atom. The normalized spacial score (nSPS) is 11.5. The second-order valence-electron chi connectivity index (χ2n) is 5.78. The minimum atomic E-state index is -0.850. The number of halogens is 1. The van der Waals surface area contributed by atoms with Crippen molar-refractivity contribution in [3.8, 4) is 5.75 Å². The van der Waals surface area contributed by atoms with E-state index in [1.807, 2.05) is 48.5 Å². The number of carbonyl (C=O) groups excluding carboxylic acids is 2. The summed E-state index contributed by atoms with van der Waals surface area (Å²) in [4.78, 5) is 24.0. The molecular weight excluding hydrogens is 386 g/mol. The third kappa shape index (κ3) is 7.15. The molecule has 0 heterocycles. The van der Waals surface area contributed by atoms with Crippen molar-refractivity contribution in [3.63, 3.8) is 0 Å². The number of esters is 1. The van der Waals surface area contributed by atoms with E-state index in [1.165, 1.54) is 11.8 Å². The Morgan fingerprint density at radius 1 is 1.15 bits per heavy atom. The topological polar surface area (TPSA) is 64.6 Å². The summed E-state index contributed by atoms with van der Waals surface area (Å²) in [5, 5.41) is 3.42. The predicted octanol–water partition coefficient (Wildman–Crippen LogP) is 3.83. The molecule has 5 nitrogen and oxygen atoms in total.